The maximum atomic E-state index is 6.50. The van der Waals surface area contributed by atoms with E-state index in [0.717, 1.165) is 60.9 Å². The summed E-state index contributed by atoms with van der Waals surface area (Å²) < 4.78 is 12.8. The fourth-order valence-corrected chi connectivity index (χ4v) is 6.94. The minimum atomic E-state index is -0.0587. The molecule has 0 N–H and O–H groups in total. The third-order valence-corrected chi connectivity index (χ3v) is 9.16. The van der Waals surface area contributed by atoms with E-state index in [0.29, 0.717) is 5.89 Å². The smallest absolute Gasteiger partial charge is 0.227 e. The molecule has 0 amide bonds. The van der Waals surface area contributed by atoms with E-state index in [1.54, 1.807) is 0 Å². The molecule has 9 rings (SSSR count). The molecule has 0 radical (unpaired) electrons. The van der Waals surface area contributed by atoms with Crippen molar-refractivity contribution in [3.05, 3.63) is 139 Å². The van der Waals surface area contributed by atoms with Gasteiger partial charge in [-0.15, -0.1) is 0 Å². The highest BCUT2D eigenvalue weighted by atomic mass is 16.3. The van der Waals surface area contributed by atoms with Crippen LogP contribution in [0.25, 0.3) is 77.9 Å². The van der Waals surface area contributed by atoms with Gasteiger partial charge >= 0.3 is 0 Å². The third-order valence-electron chi connectivity index (χ3n) is 9.16. The van der Waals surface area contributed by atoms with Gasteiger partial charge in [0.1, 0.15) is 16.7 Å². The zero-order valence-corrected chi connectivity index (χ0v) is 23.9. The Morgan fingerprint density at radius 3 is 2.02 bits per heavy atom. The van der Waals surface area contributed by atoms with Crippen LogP contribution in [0.3, 0.4) is 0 Å². The summed E-state index contributed by atoms with van der Waals surface area (Å²) in [4.78, 5) is 4.90. The highest BCUT2D eigenvalue weighted by Crippen LogP contribution is 2.50. The molecule has 1 aliphatic rings. The van der Waals surface area contributed by atoms with Crippen LogP contribution in [-0.4, -0.2) is 4.98 Å². The first-order valence-corrected chi connectivity index (χ1v) is 14.7. The molecule has 3 heteroatoms. The van der Waals surface area contributed by atoms with E-state index in [9.17, 15) is 0 Å². The van der Waals surface area contributed by atoms with Crippen molar-refractivity contribution in [2.45, 2.75) is 19.3 Å². The van der Waals surface area contributed by atoms with Crippen molar-refractivity contribution in [2.75, 3.05) is 0 Å². The number of fused-ring (bicyclic) bond motifs is 7. The number of hydrogen-bond donors (Lipinski definition) is 0. The predicted octanol–water partition coefficient (Wildman–Crippen LogP) is 11.0. The molecule has 0 saturated heterocycles. The Bertz CT molecular complexity index is 2370. The molecule has 0 bridgehead atoms. The summed E-state index contributed by atoms with van der Waals surface area (Å²) in [6.45, 7) is 4.62. The average molecular weight is 554 g/mol. The van der Waals surface area contributed by atoms with E-state index in [1.807, 2.05) is 18.2 Å². The fourth-order valence-electron chi connectivity index (χ4n) is 6.94. The zero-order chi connectivity index (χ0) is 28.7. The third kappa shape index (κ3) is 3.52. The lowest BCUT2D eigenvalue weighted by Gasteiger charge is -2.22. The largest absolute Gasteiger partial charge is 0.455 e. The van der Waals surface area contributed by atoms with E-state index < -0.39 is 0 Å². The van der Waals surface area contributed by atoms with Gasteiger partial charge in [0, 0.05) is 32.9 Å². The Morgan fingerprint density at radius 2 is 1.14 bits per heavy atom. The second kappa shape index (κ2) is 8.80. The van der Waals surface area contributed by atoms with Gasteiger partial charge in [0.15, 0.2) is 5.58 Å². The number of furan rings is 1. The summed E-state index contributed by atoms with van der Waals surface area (Å²) in [5, 5.41) is 2.26. The Labute approximate surface area is 249 Å². The van der Waals surface area contributed by atoms with Gasteiger partial charge in [0.25, 0.3) is 0 Å². The topological polar surface area (TPSA) is 39.2 Å². The van der Waals surface area contributed by atoms with Crippen LogP contribution in [-0.2, 0) is 5.41 Å². The molecule has 0 aliphatic heterocycles. The average Bonchev–Trinajstić information content (AvgIpc) is 3.72. The molecule has 8 aromatic rings. The van der Waals surface area contributed by atoms with E-state index in [2.05, 4.69) is 123 Å². The van der Waals surface area contributed by atoms with Crippen molar-refractivity contribution in [1.29, 1.82) is 0 Å². The molecule has 1 aliphatic carbocycles. The summed E-state index contributed by atoms with van der Waals surface area (Å²) in [6, 6.07) is 44.7. The van der Waals surface area contributed by atoms with Gasteiger partial charge in [0.05, 0.1) is 0 Å². The number of rotatable bonds is 3. The highest BCUT2D eigenvalue weighted by molar-refractivity contribution is 6.09. The van der Waals surface area contributed by atoms with Gasteiger partial charge in [-0.05, 0) is 63.7 Å². The summed E-state index contributed by atoms with van der Waals surface area (Å²) in [6.07, 6.45) is 0. The number of oxazole rings is 1. The molecule has 0 fully saturated rings. The Balaban J connectivity index is 1.10. The van der Waals surface area contributed by atoms with Gasteiger partial charge in [-0.25, -0.2) is 4.98 Å². The van der Waals surface area contributed by atoms with Crippen molar-refractivity contribution in [3.8, 4) is 44.8 Å². The molecule has 2 aromatic heterocycles. The summed E-state index contributed by atoms with van der Waals surface area (Å²) >= 11 is 0. The fraction of sp³-hybridized carbons (Fsp3) is 0.0750. The van der Waals surface area contributed by atoms with Crippen molar-refractivity contribution in [2.24, 2.45) is 0 Å². The van der Waals surface area contributed by atoms with E-state index in [1.165, 1.54) is 22.3 Å². The van der Waals surface area contributed by atoms with Crippen LogP contribution in [0.15, 0.2) is 136 Å². The van der Waals surface area contributed by atoms with E-state index in [4.69, 9.17) is 13.8 Å². The molecule has 6 aromatic carbocycles. The Kier molecular flexibility index (Phi) is 4.95. The van der Waals surface area contributed by atoms with Gasteiger partial charge in [-0.3, -0.25) is 0 Å². The maximum Gasteiger partial charge on any atom is 0.227 e. The zero-order valence-electron chi connectivity index (χ0n) is 23.9. The van der Waals surface area contributed by atoms with Crippen LogP contribution in [0.5, 0.6) is 0 Å². The van der Waals surface area contributed by atoms with Crippen LogP contribution >= 0.6 is 0 Å². The van der Waals surface area contributed by atoms with Crippen LogP contribution in [0.1, 0.15) is 25.0 Å². The number of nitrogens with zero attached hydrogens (tertiary/aromatic N) is 1. The van der Waals surface area contributed by atoms with E-state index in [-0.39, 0.29) is 5.41 Å². The van der Waals surface area contributed by atoms with Crippen LogP contribution in [0.4, 0.5) is 0 Å². The van der Waals surface area contributed by atoms with Crippen molar-refractivity contribution < 1.29 is 8.83 Å². The lowest BCUT2D eigenvalue weighted by molar-refractivity contribution is 0.620. The number of para-hydroxylation sites is 3. The molecule has 0 spiro atoms. The maximum absolute atomic E-state index is 6.50. The lowest BCUT2D eigenvalue weighted by atomic mass is 9.81. The molecular weight excluding hydrogens is 526 g/mol. The standard InChI is InChI=1S/C40H27NO2/c1-40(2)33-14-5-3-9-29(33)30-22-21-26(23-34(30)40)28-12-8-15-35-38(28)43-39(41-35)25-19-17-24(18-20-25)27-11-7-13-32-31-10-4-6-16-36(31)42-37(27)32/h3-23H,1-2H3. The Hall–Kier alpha value is -5.41. The summed E-state index contributed by atoms with van der Waals surface area (Å²) in [5.41, 5.74) is 14.1. The number of aromatic nitrogens is 1. The second-order valence-electron chi connectivity index (χ2n) is 12.0. The van der Waals surface area contributed by atoms with Gasteiger partial charge in [-0.1, -0.05) is 111 Å². The lowest BCUT2D eigenvalue weighted by Crippen LogP contribution is -2.14. The molecular formula is C40H27NO2. The van der Waals surface area contributed by atoms with Crippen LogP contribution in [0.2, 0.25) is 0 Å². The molecule has 43 heavy (non-hydrogen) atoms. The summed E-state index contributed by atoms with van der Waals surface area (Å²) in [7, 11) is 0. The second-order valence-corrected chi connectivity index (χ2v) is 12.0. The van der Waals surface area contributed by atoms with Crippen molar-refractivity contribution in [3.63, 3.8) is 0 Å². The van der Waals surface area contributed by atoms with Gasteiger partial charge in [0.2, 0.25) is 5.89 Å². The Morgan fingerprint density at radius 1 is 0.488 bits per heavy atom. The van der Waals surface area contributed by atoms with Crippen molar-refractivity contribution >= 4 is 33.0 Å². The SMILES string of the molecule is CC1(C)c2ccccc2-c2ccc(-c3cccc4nc(-c5ccc(-c6cccc7c6oc6ccccc67)cc5)oc34)cc21. The molecule has 0 saturated carbocycles. The first kappa shape index (κ1) is 24.2. The van der Waals surface area contributed by atoms with Crippen LogP contribution < -0.4 is 0 Å². The molecule has 2 heterocycles. The highest BCUT2D eigenvalue weighted by Gasteiger charge is 2.35. The number of benzene rings is 6. The quantitative estimate of drug-likeness (QED) is 0.218. The van der Waals surface area contributed by atoms with E-state index >= 15 is 0 Å². The first-order chi connectivity index (χ1) is 21.1. The van der Waals surface area contributed by atoms with Gasteiger partial charge < -0.3 is 8.83 Å². The minimum absolute atomic E-state index is 0.0587. The molecule has 3 nitrogen and oxygen atoms in total. The van der Waals surface area contributed by atoms with Crippen molar-refractivity contribution in [1.82, 2.24) is 4.98 Å². The van der Waals surface area contributed by atoms with Crippen LogP contribution in [0, 0.1) is 0 Å². The molecule has 204 valence electrons. The summed E-state index contributed by atoms with van der Waals surface area (Å²) in [5.74, 6) is 0.616. The number of hydrogen-bond acceptors (Lipinski definition) is 3. The molecule has 0 unspecified atom stereocenters. The first-order valence-electron chi connectivity index (χ1n) is 14.7. The monoisotopic (exact) mass is 553 g/mol. The minimum Gasteiger partial charge on any atom is -0.455 e. The van der Waals surface area contributed by atoms with Gasteiger partial charge in [-0.2, -0.15) is 0 Å². The molecule has 0 atom stereocenters. The normalized spacial score (nSPS) is 13.5. The predicted molar refractivity (Wildman–Crippen MR) is 175 cm³/mol.